The predicted molar refractivity (Wildman–Crippen MR) is 120 cm³/mol. The van der Waals surface area contributed by atoms with E-state index in [-0.39, 0.29) is 23.6 Å². The van der Waals surface area contributed by atoms with E-state index in [0.717, 1.165) is 5.56 Å². The zero-order valence-corrected chi connectivity index (χ0v) is 18.7. The molecular formula is C23H29N3O4S. The maximum atomic E-state index is 12.8. The first-order chi connectivity index (χ1) is 15.0. The van der Waals surface area contributed by atoms with Crippen molar-refractivity contribution in [1.82, 2.24) is 15.5 Å². The molecule has 2 heterocycles. The fourth-order valence-corrected chi connectivity index (χ4v) is 4.43. The molecular weight excluding hydrogens is 414 g/mol. The number of hydrogen-bond acceptors (Lipinski definition) is 5. The average molecular weight is 444 g/mol. The smallest absolute Gasteiger partial charge is 0.262 e. The molecule has 0 bridgehead atoms. The fourth-order valence-electron chi connectivity index (χ4n) is 3.80. The second-order valence-corrected chi connectivity index (χ2v) is 8.66. The third-order valence-corrected chi connectivity index (χ3v) is 6.35. The minimum atomic E-state index is -0.650. The SMILES string of the molecule is COCCNC(=O)[C@H](NC(=O)c1cccs1)C1CCN(C(=O)c2cccc(C)c2)CC1. The summed E-state index contributed by atoms with van der Waals surface area (Å²) < 4.78 is 5.00. The summed E-state index contributed by atoms with van der Waals surface area (Å²) in [5.74, 6) is -0.510. The number of piperidine rings is 1. The van der Waals surface area contributed by atoms with Crippen LogP contribution >= 0.6 is 11.3 Å². The van der Waals surface area contributed by atoms with Gasteiger partial charge in [-0.05, 0) is 49.3 Å². The number of likely N-dealkylation sites (tertiary alicyclic amines) is 1. The molecule has 1 aromatic carbocycles. The van der Waals surface area contributed by atoms with Crippen LogP contribution in [0.3, 0.4) is 0 Å². The summed E-state index contributed by atoms with van der Waals surface area (Å²) in [6.07, 6.45) is 1.29. The number of nitrogens with one attached hydrogen (secondary N) is 2. The van der Waals surface area contributed by atoms with Crippen LogP contribution < -0.4 is 10.6 Å². The van der Waals surface area contributed by atoms with E-state index < -0.39 is 6.04 Å². The summed E-state index contributed by atoms with van der Waals surface area (Å²) in [6.45, 7) is 3.85. The molecule has 7 nitrogen and oxygen atoms in total. The predicted octanol–water partition coefficient (Wildman–Crippen LogP) is 2.47. The van der Waals surface area contributed by atoms with Gasteiger partial charge in [0.05, 0.1) is 11.5 Å². The van der Waals surface area contributed by atoms with Gasteiger partial charge in [-0.1, -0.05) is 23.8 Å². The van der Waals surface area contributed by atoms with E-state index in [1.54, 1.807) is 13.2 Å². The number of benzene rings is 1. The number of hydrogen-bond donors (Lipinski definition) is 2. The van der Waals surface area contributed by atoms with E-state index in [4.69, 9.17) is 4.74 Å². The van der Waals surface area contributed by atoms with E-state index in [9.17, 15) is 14.4 Å². The van der Waals surface area contributed by atoms with Gasteiger partial charge in [0.25, 0.3) is 11.8 Å². The van der Waals surface area contributed by atoms with Crippen LogP contribution in [0.5, 0.6) is 0 Å². The highest BCUT2D eigenvalue weighted by molar-refractivity contribution is 7.12. The van der Waals surface area contributed by atoms with Gasteiger partial charge < -0.3 is 20.3 Å². The van der Waals surface area contributed by atoms with Crippen LogP contribution in [-0.4, -0.2) is 62.0 Å². The number of amides is 3. The second kappa shape index (κ2) is 11.1. The Hall–Kier alpha value is -2.71. The minimum absolute atomic E-state index is 0.00543. The maximum Gasteiger partial charge on any atom is 0.262 e. The normalized spacial score (nSPS) is 15.4. The molecule has 2 N–H and O–H groups in total. The summed E-state index contributed by atoms with van der Waals surface area (Å²) in [7, 11) is 1.57. The maximum absolute atomic E-state index is 12.8. The number of carbonyl (C=O) groups is 3. The Balaban J connectivity index is 1.64. The number of ether oxygens (including phenoxy) is 1. The molecule has 1 aliphatic heterocycles. The van der Waals surface area contributed by atoms with E-state index >= 15 is 0 Å². The van der Waals surface area contributed by atoms with Crippen LogP contribution in [0.2, 0.25) is 0 Å². The number of methoxy groups -OCH3 is 1. The Kier molecular flexibility index (Phi) is 8.20. The lowest BCUT2D eigenvalue weighted by Gasteiger charge is -2.35. The molecule has 1 aromatic heterocycles. The first-order valence-corrected chi connectivity index (χ1v) is 11.3. The van der Waals surface area contributed by atoms with Crippen molar-refractivity contribution in [2.75, 3.05) is 33.4 Å². The number of rotatable bonds is 8. The highest BCUT2D eigenvalue weighted by atomic mass is 32.1. The molecule has 1 aliphatic rings. The summed E-state index contributed by atoms with van der Waals surface area (Å²) in [5, 5.41) is 7.59. The van der Waals surface area contributed by atoms with E-state index in [1.165, 1.54) is 11.3 Å². The van der Waals surface area contributed by atoms with Crippen LogP contribution in [0.4, 0.5) is 0 Å². The molecule has 8 heteroatoms. The van der Waals surface area contributed by atoms with Crippen molar-refractivity contribution in [2.24, 2.45) is 5.92 Å². The average Bonchev–Trinajstić information content (AvgIpc) is 3.32. The molecule has 1 atom stereocenters. The number of aryl methyl sites for hydroxylation is 1. The molecule has 0 spiro atoms. The van der Waals surface area contributed by atoms with Crippen molar-refractivity contribution in [2.45, 2.75) is 25.8 Å². The molecule has 166 valence electrons. The van der Waals surface area contributed by atoms with Gasteiger partial charge in [0.1, 0.15) is 6.04 Å². The van der Waals surface area contributed by atoms with Crippen molar-refractivity contribution in [1.29, 1.82) is 0 Å². The van der Waals surface area contributed by atoms with Crippen LogP contribution in [-0.2, 0) is 9.53 Å². The Morgan fingerprint density at radius 3 is 2.61 bits per heavy atom. The standard InChI is InChI=1S/C23H29N3O4S/c1-16-5-3-6-18(15-16)23(29)26-11-8-17(9-12-26)20(22(28)24-10-13-30-2)25-21(27)19-7-4-14-31-19/h3-7,14-15,17,20H,8-13H2,1-2H3,(H,24,28)(H,25,27)/t20-/m1/s1. The largest absolute Gasteiger partial charge is 0.383 e. The monoisotopic (exact) mass is 443 g/mol. The van der Waals surface area contributed by atoms with Gasteiger partial charge in [0.15, 0.2) is 0 Å². The molecule has 0 radical (unpaired) electrons. The van der Waals surface area contributed by atoms with Gasteiger partial charge in [-0.25, -0.2) is 0 Å². The first kappa shape index (κ1) is 23.0. The summed E-state index contributed by atoms with van der Waals surface area (Å²) in [5.41, 5.74) is 1.73. The van der Waals surface area contributed by atoms with Gasteiger partial charge in [0.2, 0.25) is 5.91 Å². The molecule has 2 aromatic rings. The lowest BCUT2D eigenvalue weighted by Crippen LogP contribution is -2.54. The van der Waals surface area contributed by atoms with E-state index in [1.807, 2.05) is 47.5 Å². The summed E-state index contributed by atoms with van der Waals surface area (Å²) in [4.78, 5) is 40.7. The van der Waals surface area contributed by atoms with Crippen LogP contribution in [0.15, 0.2) is 41.8 Å². The van der Waals surface area contributed by atoms with Gasteiger partial charge in [0, 0.05) is 32.3 Å². The molecule has 1 saturated heterocycles. The molecule has 3 rings (SSSR count). The van der Waals surface area contributed by atoms with Crippen molar-refractivity contribution in [3.63, 3.8) is 0 Å². The second-order valence-electron chi connectivity index (χ2n) is 7.71. The Morgan fingerprint density at radius 1 is 1.19 bits per heavy atom. The third kappa shape index (κ3) is 6.15. The number of carbonyl (C=O) groups excluding carboxylic acids is 3. The van der Waals surface area contributed by atoms with E-state index in [2.05, 4.69) is 10.6 Å². The Bertz CT molecular complexity index is 892. The zero-order valence-electron chi connectivity index (χ0n) is 17.9. The van der Waals surface area contributed by atoms with E-state index in [0.29, 0.717) is 49.5 Å². The topological polar surface area (TPSA) is 87.7 Å². The van der Waals surface area contributed by atoms with Crippen molar-refractivity contribution < 1.29 is 19.1 Å². The van der Waals surface area contributed by atoms with Gasteiger partial charge in [-0.2, -0.15) is 0 Å². The van der Waals surface area contributed by atoms with Crippen molar-refractivity contribution in [3.05, 3.63) is 57.8 Å². The molecule has 0 saturated carbocycles. The van der Waals surface area contributed by atoms with Gasteiger partial charge in [-0.3, -0.25) is 14.4 Å². The fraction of sp³-hybridized carbons (Fsp3) is 0.435. The van der Waals surface area contributed by atoms with Crippen LogP contribution in [0.1, 0.15) is 38.4 Å². The summed E-state index contributed by atoms with van der Waals surface area (Å²) in [6, 6.07) is 10.5. The summed E-state index contributed by atoms with van der Waals surface area (Å²) >= 11 is 1.34. The molecule has 3 amide bonds. The quantitative estimate of drug-likeness (QED) is 0.614. The van der Waals surface area contributed by atoms with Crippen molar-refractivity contribution >= 4 is 29.1 Å². The van der Waals surface area contributed by atoms with Crippen molar-refractivity contribution in [3.8, 4) is 0 Å². The molecule has 1 fully saturated rings. The van der Waals surface area contributed by atoms with Gasteiger partial charge >= 0.3 is 0 Å². The Morgan fingerprint density at radius 2 is 1.97 bits per heavy atom. The number of thiophene rings is 1. The lowest BCUT2D eigenvalue weighted by atomic mass is 9.88. The minimum Gasteiger partial charge on any atom is -0.383 e. The Labute approximate surface area is 186 Å². The molecule has 0 unspecified atom stereocenters. The first-order valence-electron chi connectivity index (χ1n) is 10.5. The van der Waals surface area contributed by atoms with Crippen LogP contribution in [0, 0.1) is 12.8 Å². The van der Waals surface area contributed by atoms with Gasteiger partial charge in [-0.15, -0.1) is 11.3 Å². The molecule has 31 heavy (non-hydrogen) atoms. The highest BCUT2D eigenvalue weighted by Crippen LogP contribution is 2.23. The zero-order chi connectivity index (χ0) is 22.2. The van der Waals surface area contributed by atoms with Crippen LogP contribution in [0.25, 0.3) is 0 Å². The third-order valence-electron chi connectivity index (χ3n) is 5.48. The lowest BCUT2D eigenvalue weighted by molar-refractivity contribution is -0.124. The number of nitrogens with zero attached hydrogens (tertiary/aromatic N) is 1. The molecule has 0 aliphatic carbocycles. The highest BCUT2D eigenvalue weighted by Gasteiger charge is 2.34.